The molecule has 1 aromatic carbocycles. The Balaban J connectivity index is 1.82. The predicted molar refractivity (Wildman–Crippen MR) is 82.4 cm³/mol. The lowest BCUT2D eigenvalue weighted by molar-refractivity contribution is 0.412. The van der Waals surface area contributed by atoms with Gasteiger partial charge in [0.1, 0.15) is 5.75 Å². The van der Waals surface area contributed by atoms with Crippen LogP contribution >= 0.6 is 0 Å². The van der Waals surface area contributed by atoms with E-state index in [1.54, 1.807) is 14.2 Å². The Morgan fingerprint density at radius 1 is 1.33 bits per heavy atom. The van der Waals surface area contributed by atoms with Crippen LogP contribution in [0.5, 0.6) is 5.75 Å². The smallest absolute Gasteiger partial charge is 0.279 e. The van der Waals surface area contributed by atoms with Gasteiger partial charge in [-0.3, -0.25) is 0 Å². The van der Waals surface area contributed by atoms with Crippen LogP contribution in [0.25, 0.3) is 0 Å². The first-order valence-electron chi connectivity index (χ1n) is 7.08. The molecule has 21 heavy (non-hydrogen) atoms. The largest absolute Gasteiger partial charge is 0.497 e. The van der Waals surface area contributed by atoms with Crippen LogP contribution in [0.4, 0.5) is 0 Å². The van der Waals surface area contributed by atoms with E-state index in [2.05, 4.69) is 10.0 Å². The van der Waals surface area contributed by atoms with E-state index in [0.717, 1.165) is 11.3 Å². The van der Waals surface area contributed by atoms with Crippen molar-refractivity contribution in [3.05, 3.63) is 29.8 Å². The molecule has 1 fully saturated rings. The van der Waals surface area contributed by atoms with E-state index in [0.29, 0.717) is 25.7 Å². The van der Waals surface area contributed by atoms with Gasteiger partial charge in [-0.05, 0) is 30.5 Å². The monoisotopic (exact) mass is 313 g/mol. The minimum Gasteiger partial charge on any atom is -0.497 e. The molecule has 1 aliphatic rings. The van der Waals surface area contributed by atoms with Crippen LogP contribution in [0, 0.1) is 0 Å². The average molecular weight is 313 g/mol. The summed E-state index contributed by atoms with van der Waals surface area (Å²) in [6.07, 6.45) is 2.39. The van der Waals surface area contributed by atoms with E-state index in [-0.39, 0.29) is 0 Å². The summed E-state index contributed by atoms with van der Waals surface area (Å²) >= 11 is 0. The third-order valence-corrected chi connectivity index (χ3v) is 4.89. The molecule has 6 nitrogen and oxygen atoms in total. The van der Waals surface area contributed by atoms with Crippen molar-refractivity contribution in [3.8, 4) is 5.75 Å². The van der Waals surface area contributed by atoms with Gasteiger partial charge in [0.25, 0.3) is 10.2 Å². The molecule has 0 spiro atoms. The normalized spacial score (nSPS) is 15.4. The van der Waals surface area contributed by atoms with Crippen LogP contribution < -0.4 is 14.8 Å². The van der Waals surface area contributed by atoms with Crippen LogP contribution in [0.1, 0.15) is 18.4 Å². The molecule has 1 aromatic rings. The molecule has 0 atom stereocenters. The first-order chi connectivity index (χ1) is 10.0. The summed E-state index contributed by atoms with van der Waals surface area (Å²) < 4.78 is 33.2. The van der Waals surface area contributed by atoms with Crippen molar-refractivity contribution in [2.45, 2.75) is 25.4 Å². The number of benzene rings is 1. The Morgan fingerprint density at radius 3 is 2.76 bits per heavy atom. The molecule has 0 radical (unpaired) electrons. The highest BCUT2D eigenvalue weighted by molar-refractivity contribution is 7.87. The second-order valence-electron chi connectivity index (χ2n) is 5.24. The number of hydrogen-bond acceptors (Lipinski definition) is 4. The lowest BCUT2D eigenvalue weighted by Gasteiger charge is -2.18. The van der Waals surface area contributed by atoms with Gasteiger partial charge in [0, 0.05) is 32.7 Å². The fourth-order valence-electron chi connectivity index (χ4n) is 1.97. The number of ether oxygens (including phenoxy) is 1. The van der Waals surface area contributed by atoms with Crippen molar-refractivity contribution in [1.29, 1.82) is 0 Å². The first-order valence-corrected chi connectivity index (χ1v) is 8.52. The molecule has 2 N–H and O–H groups in total. The van der Waals surface area contributed by atoms with Crippen molar-refractivity contribution >= 4 is 10.2 Å². The predicted octanol–water partition coefficient (Wildman–Crippen LogP) is 0.713. The second-order valence-corrected chi connectivity index (χ2v) is 7.10. The molecular formula is C14H23N3O3S. The van der Waals surface area contributed by atoms with Gasteiger partial charge in [-0.25, -0.2) is 4.72 Å². The highest BCUT2D eigenvalue weighted by Crippen LogP contribution is 2.18. The molecule has 118 valence electrons. The molecular weight excluding hydrogens is 290 g/mol. The molecule has 0 heterocycles. The molecule has 0 aromatic heterocycles. The maximum absolute atomic E-state index is 12.1. The molecule has 2 rings (SSSR count). The van der Waals surface area contributed by atoms with Gasteiger partial charge in [0.2, 0.25) is 0 Å². The van der Waals surface area contributed by atoms with E-state index in [9.17, 15) is 8.42 Å². The molecule has 0 saturated heterocycles. The van der Waals surface area contributed by atoms with Crippen molar-refractivity contribution in [2.24, 2.45) is 0 Å². The lowest BCUT2D eigenvalue weighted by Crippen LogP contribution is -2.41. The summed E-state index contributed by atoms with van der Waals surface area (Å²) in [5, 5.41) is 3.27. The Hall–Kier alpha value is -1.15. The van der Waals surface area contributed by atoms with E-state index < -0.39 is 10.2 Å². The van der Waals surface area contributed by atoms with Gasteiger partial charge in [0.05, 0.1) is 7.11 Å². The maximum Gasteiger partial charge on any atom is 0.279 e. The average Bonchev–Trinajstić information content (AvgIpc) is 3.28. The summed E-state index contributed by atoms with van der Waals surface area (Å²) in [6, 6.07) is 7.98. The zero-order chi connectivity index (χ0) is 15.3. The summed E-state index contributed by atoms with van der Waals surface area (Å²) in [7, 11) is -0.296. The van der Waals surface area contributed by atoms with E-state index in [1.165, 1.54) is 17.1 Å². The van der Waals surface area contributed by atoms with Crippen molar-refractivity contribution in [1.82, 2.24) is 14.3 Å². The Morgan fingerprint density at radius 2 is 2.10 bits per heavy atom. The van der Waals surface area contributed by atoms with Gasteiger partial charge in [0.15, 0.2) is 0 Å². The van der Waals surface area contributed by atoms with Gasteiger partial charge in [-0.1, -0.05) is 12.1 Å². The van der Waals surface area contributed by atoms with E-state index >= 15 is 0 Å². The summed E-state index contributed by atoms with van der Waals surface area (Å²) in [5.74, 6) is 0.722. The van der Waals surface area contributed by atoms with Crippen LogP contribution in [-0.2, 0) is 16.8 Å². The fourth-order valence-corrected chi connectivity index (χ4v) is 2.87. The van der Waals surface area contributed by atoms with Gasteiger partial charge >= 0.3 is 0 Å². The molecule has 1 aliphatic carbocycles. The first kappa shape index (κ1) is 16.2. The zero-order valence-corrected chi connectivity index (χ0v) is 13.3. The zero-order valence-electron chi connectivity index (χ0n) is 12.5. The maximum atomic E-state index is 12.1. The van der Waals surface area contributed by atoms with Crippen LogP contribution in [0.2, 0.25) is 0 Å². The van der Waals surface area contributed by atoms with Crippen molar-refractivity contribution in [3.63, 3.8) is 0 Å². The lowest BCUT2D eigenvalue weighted by atomic mass is 10.2. The summed E-state index contributed by atoms with van der Waals surface area (Å²) in [4.78, 5) is 0. The van der Waals surface area contributed by atoms with E-state index in [4.69, 9.17) is 4.74 Å². The minimum atomic E-state index is -3.45. The Bertz CT molecular complexity index is 558. The topological polar surface area (TPSA) is 70.7 Å². The minimum absolute atomic E-state index is 0.308. The van der Waals surface area contributed by atoms with Crippen molar-refractivity contribution in [2.75, 3.05) is 27.2 Å². The molecule has 1 saturated carbocycles. The summed E-state index contributed by atoms with van der Waals surface area (Å²) in [6.45, 7) is 1.38. The number of rotatable bonds is 9. The van der Waals surface area contributed by atoms with Crippen molar-refractivity contribution < 1.29 is 13.2 Å². The second kappa shape index (κ2) is 7.22. The number of hydrogen-bond donors (Lipinski definition) is 2. The molecule has 0 aliphatic heterocycles. The number of methoxy groups -OCH3 is 1. The standard InChI is InChI=1S/C14H23N3O3S/c1-17(11-12-4-3-5-14(10-12)20-2)21(18,19)16-9-8-15-13-6-7-13/h3-5,10,13,15-16H,6-9,11H2,1-2H3. The fraction of sp³-hybridized carbons (Fsp3) is 0.571. The highest BCUT2D eigenvalue weighted by Gasteiger charge is 2.21. The SMILES string of the molecule is COc1cccc(CN(C)S(=O)(=O)NCCNC2CC2)c1. The quantitative estimate of drug-likeness (QED) is 0.659. The number of nitrogens with zero attached hydrogens (tertiary/aromatic N) is 1. The van der Waals surface area contributed by atoms with Crippen LogP contribution in [0.15, 0.2) is 24.3 Å². The van der Waals surface area contributed by atoms with E-state index in [1.807, 2.05) is 24.3 Å². The summed E-state index contributed by atoms with van der Waals surface area (Å²) in [5.41, 5.74) is 0.887. The van der Waals surface area contributed by atoms with Gasteiger partial charge in [-0.2, -0.15) is 12.7 Å². The van der Waals surface area contributed by atoms with Gasteiger partial charge in [-0.15, -0.1) is 0 Å². The third-order valence-electron chi connectivity index (χ3n) is 3.37. The van der Waals surface area contributed by atoms with Gasteiger partial charge < -0.3 is 10.1 Å². The highest BCUT2D eigenvalue weighted by atomic mass is 32.2. The molecule has 7 heteroatoms. The molecule has 0 unspecified atom stereocenters. The Labute approximate surface area is 126 Å². The third kappa shape index (κ3) is 5.28. The molecule has 0 amide bonds. The molecule has 0 bridgehead atoms. The van der Waals surface area contributed by atoms with Crippen LogP contribution in [-0.4, -0.2) is 46.0 Å². The number of nitrogens with one attached hydrogen (secondary N) is 2. The Kier molecular flexibility index (Phi) is 5.58. The van der Waals surface area contributed by atoms with Crippen LogP contribution in [0.3, 0.4) is 0 Å².